The van der Waals surface area contributed by atoms with Crippen LogP contribution in [0.5, 0.6) is 0 Å². The first-order valence-electron chi connectivity index (χ1n) is 4.19. The molecule has 1 unspecified atom stereocenters. The van der Waals surface area contributed by atoms with Crippen molar-refractivity contribution in [2.45, 2.75) is 12.5 Å². The van der Waals surface area contributed by atoms with E-state index in [2.05, 4.69) is 0 Å². The summed E-state index contributed by atoms with van der Waals surface area (Å²) in [6, 6.07) is 0. The van der Waals surface area contributed by atoms with Crippen LogP contribution in [0.15, 0.2) is 17.0 Å². The highest BCUT2D eigenvalue weighted by Crippen LogP contribution is 2.49. The molecule has 6 nitrogen and oxygen atoms in total. The Bertz CT molecular complexity index is 569. The highest BCUT2D eigenvalue weighted by atomic mass is 16.2. The van der Waals surface area contributed by atoms with Crippen molar-refractivity contribution in [2.75, 3.05) is 0 Å². The van der Waals surface area contributed by atoms with Gasteiger partial charge < -0.3 is 0 Å². The summed E-state index contributed by atoms with van der Waals surface area (Å²) in [5.74, 6) is 2.66. The SMILES string of the molecule is CC1(N2C(=C=O)C(=O)C2=C=O)C(=O)C1=C=O. The molecule has 0 aromatic carbocycles. The number of hydrogen-bond donors (Lipinski definition) is 0. The first kappa shape index (κ1) is 10.0. The fourth-order valence-corrected chi connectivity index (χ4v) is 1.70. The predicted molar refractivity (Wildman–Crippen MR) is 47.9 cm³/mol. The van der Waals surface area contributed by atoms with Crippen molar-refractivity contribution in [1.29, 1.82) is 0 Å². The molecule has 0 aromatic heterocycles. The highest BCUT2D eigenvalue weighted by Gasteiger charge is 2.68. The summed E-state index contributed by atoms with van der Waals surface area (Å²) in [7, 11) is 0. The summed E-state index contributed by atoms with van der Waals surface area (Å²) in [4.78, 5) is 54.6. The largest absolute Gasteiger partial charge is 0.298 e. The third-order valence-corrected chi connectivity index (χ3v) is 2.71. The number of likely N-dealkylation sites (tertiary alicyclic amines) is 1. The van der Waals surface area contributed by atoms with Crippen molar-refractivity contribution in [3.05, 3.63) is 17.0 Å². The van der Waals surface area contributed by atoms with E-state index in [1.54, 1.807) is 0 Å². The fourth-order valence-electron chi connectivity index (χ4n) is 1.70. The van der Waals surface area contributed by atoms with Crippen LogP contribution in [0, 0.1) is 0 Å². The van der Waals surface area contributed by atoms with E-state index >= 15 is 0 Å². The zero-order valence-corrected chi connectivity index (χ0v) is 7.99. The minimum absolute atomic E-state index is 0.208. The standard InChI is InChI=1S/C10H3NO5/c1-10(5(2-12)9(10)16)11-6(3-13)8(15)7(11)4-14/h1H3. The van der Waals surface area contributed by atoms with Gasteiger partial charge in [0.05, 0.1) is 0 Å². The molecule has 1 saturated carbocycles. The zero-order chi connectivity index (χ0) is 12.1. The normalized spacial score (nSPS) is 27.1. The third-order valence-electron chi connectivity index (χ3n) is 2.71. The van der Waals surface area contributed by atoms with Crippen LogP contribution in [0.3, 0.4) is 0 Å². The Balaban J connectivity index is 2.56. The van der Waals surface area contributed by atoms with E-state index in [9.17, 15) is 24.0 Å². The summed E-state index contributed by atoms with van der Waals surface area (Å²) in [6.07, 6.45) is 0. The Hall–Kier alpha value is -2.51. The van der Waals surface area contributed by atoms with Crippen molar-refractivity contribution in [2.24, 2.45) is 0 Å². The van der Waals surface area contributed by atoms with Crippen LogP contribution in [0.25, 0.3) is 0 Å². The van der Waals surface area contributed by atoms with Crippen LogP contribution in [0.2, 0.25) is 0 Å². The lowest BCUT2D eigenvalue weighted by molar-refractivity contribution is -0.121. The second-order valence-electron chi connectivity index (χ2n) is 3.44. The van der Waals surface area contributed by atoms with E-state index in [1.165, 1.54) is 24.7 Å². The lowest BCUT2D eigenvalue weighted by atomic mass is 10.00. The molecule has 0 N–H and O–H groups in total. The van der Waals surface area contributed by atoms with Crippen molar-refractivity contribution >= 4 is 29.4 Å². The summed E-state index contributed by atoms with van der Waals surface area (Å²) in [5, 5.41) is 0. The van der Waals surface area contributed by atoms with E-state index in [1.807, 2.05) is 0 Å². The van der Waals surface area contributed by atoms with E-state index in [0.29, 0.717) is 0 Å². The molecular formula is C10H3NO5. The average Bonchev–Trinajstić information content (AvgIpc) is 2.78. The fraction of sp³-hybridized carbons (Fsp3) is 0.200. The second kappa shape index (κ2) is 2.75. The zero-order valence-electron chi connectivity index (χ0n) is 7.99. The van der Waals surface area contributed by atoms with Crippen LogP contribution < -0.4 is 0 Å². The number of nitrogens with zero attached hydrogens (tertiary/aromatic N) is 1. The van der Waals surface area contributed by atoms with Gasteiger partial charge in [-0.25, -0.2) is 14.4 Å². The molecule has 0 amide bonds. The molecule has 1 aliphatic carbocycles. The van der Waals surface area contributed by atoms with E-state index < -0.39 is 28.5 Å². The number of carbonyl (C=O) groups excluding carboxylic acids is 5. The maximum absolute atomic E-state index is 11.3. The minimum Gasteiger partial charge on any atom is -0.298 e. The lowest BCUT2D eigenvalue weighted by Gasteiger charge is -2.35. The topological polar surface area (TPSA) is 88.6 Å². The van der Waals surface area contributed by atoms with Crippen LogP contribution in [0.4, 0.5) is 0 Å². The highest BCUT2D eigenvalue weighted by molar-refractivity contribution is 6.33. The molecule has 6 heteroatoms. The van der Waals surface area contributed by atoms with Crippen molar-refractivity contribution in [3.8, 4) is 0 Å². The van der Waals surface area contributed by atoms with Crippen LogP contribution >= 0.6 is 0 Å². The molecule has 1 heterocycles. The summed E-state index contributed by atoms with van der Waals surface area (Å²) < 4.78 is 0. The maximum Gasteiger partial charge on any atom is 0.248 e. The first-order chi connectivity index (χ1) is 7.53. The van der Waals surface area contributed by atoms with Gasteiger partial charge in [0.25, 0.3) is 0 Å². The molecule has 2 fully saturated rings. The molecular weight excluding hydrogens is 214 g/mol. The number of carbonyl (C=O) groups is 2. The van der Waals surface area contributed by atoms with Crippen molar-refractivity contribution < 1.29 is 24.0 Å². The van der Waals surface area contributed by atoms with Gasteiger partial charge in [0, 0.05) is 0 Å². The average molecular weight is 217 g/mol. The van der Waals surface area contributed by atoms with Gasteiger partial charge in [-0.3, -0.25) is 14.5 Å². The number of rotatable bonds is 1. The molecule has 1 saturated heterocycles. The number of ketones is 2. The van der Waals surface area contributed by atoms with Crippen LogP contribution in [-0.4, -0.2) is 39.8 Å². The van der Waals surface area contributed by atoms with Crippen molar-refractivity contribution in [3.63, 3.8) is 0 Å². The van der Waals surface area contributed by atoms with Gasteiger partial charge in [0.2, 0.25) is 11.6 Å². The Labute approximate surface area is 88.5 Å². The Morgan fingerprint density at radius 1 is 1.00 bits per heavy atom. The number of Topliss-reactive ketones (excluding diaryl/α,β-unsaturated/α-hetero) is 2. The Morgan fingerprint density at radius 2 is 1.50 bits per heavy atom. The minimum atomic E-state index is -1.44. The van der Waals surface area contributed by atoms with E-state index in [-0.39, 0.29) is 5.57 Å². The summed E-state index contributed by atoms with van der Waals surface area (Å²) >= 11 is 0. The smallest absolute Gasteiger partial charge is 0.248 e. The van der Waals surface area contributed by atoms with E-state index in [0.717, 1.165) is 4.90 Å². The lowest BCUT2D eigenvalue weighted by Crippen LogP contribution is -2.50. The Kier molecular flexibility index (Phi) is 1.72. The molecule has 78 valence electrons. The molecule has 2 aliphatic rings. The van der Waals surface area contributed by atoms with Gasteiger partial charge in [-0.2, -0.15) is 0 Å². The Morgan fingerprint density at radius 3 is 1.81 bits per heavy atom. The number of hydrogen-bond acceptors (Lipinski definition) is 6. The molecule has 2 rings (SSSR count). The van der Waals surface area contributed by atoms with Gasteiger partial charge in [-0.15, -0.1) is 0 Å². The second-order valence-corrected chi connectivity index (χ2v) is 3.44. The molecule has 0 spiro atoms. The van der Waals surface area contributed by atoms with Gasteiger partial charge in [-0.1, -0.05) is 0 Å². The molecule has 16 heavy (non-hydrogen) atoms. The van der Waals surface area contributed by atoms with Gasteiger partial charge >= 0.3 is 0 Å². The predicted octanol–water partition coefficient (Wildman–Crippen LogP) is -1.60. The molecule has 0 bridgehead atoms. The maximum atomic E-state index is 11.3. The molecule has 0 radical (unpaired) electrons. The van der Waals surface area contributed by atoms with Crippen LogP contribution in [-0.2, 0) is 24.0 Å². The van der Waals surface area contributed by atoms with Crippen molar-refractivity contribution in [1.82, 2.24) is 4.90 Å². The third kappa shape index (κ3) is 0.811. The van der Waals surface area contributed by atoms with E-state index in [4.69, 9.17) is 0 Å². The summed E-state index contributed by atoms with van der Waals surface area (Å²) in [5.41, 5.74) is -2.53. The van der Waals surface area contributed by atoms with Crippen LogP contribution in [0.1, 0.15) is 6.92 Å². The molecule has 1 atom stereocenters. The van der Waals surface area contributed by atoms with Gasteiger partial charge in [0.15, 0.2) is 23.3 Å². The first-order valence-corrected chi connectivity index (χ1v) is 4.19. The quantitative estimate of drug-likeness (QED) is 0.388. The van der Waals surface area contributed by atoms with Gasteiger partial charge in [-0.05, 0) is 6.92 Å². The molecule has 1 aliphatic heterocycles. The summed E-state index contributed by atoms with van der Waals surface area (Å²) in [6.45, 7) is 1.32. The molecule has 0 aromatic rings. The van der Waals surface area contributed by atoms with Gasteiger partial charge in [0.1, 0.15) is 17.1 Å². The monoisotopic (exact) mass is 217 g/mol.